The van der Waals surface area contributed by atoms with Crippen LogP contribution in [0.2, 0.25) is 0 Å². The van der Waals surface area contributed by atoms with Gasteiger partial charge in [0.05, 0.1) is 17.6 Å². The van der Waals surface area contributed by atoms with E-state index in [1.807, 2.05) is 11.8 Å². The van der Waals surface area contributed by atoms with Gasteiger partial charge in [0, 0.05) is 6.54 Å². The molecule has 0 spiro atoms. The summed E-state index contributed by atoms with van der Waals surface area (Å²) in [6, 6.07) is 0. The van der Waals surface area contributed by atoms with Crippen molar-refractivity contribution in [1.82, 2.24) is 9.97 Å². The maximum Gasteiger partial charge on any atom is 0.180 e. The first-order valence-corrected chi connectivity index (χ1v) is 12.3. The number of anilines is 2. The molecule has 0 saturated heterocycles. The molecule has 5 atom stereocenters. The quantitative estimate of drug-likeness (QED) is 0.335. The number of allylic oxidation sites excluding steroid dienone is 1. The molecule has 2 aliphatic carbocycles. The fourth-order valence-corrected chi connectivity index (χ4v) is 7.07. The fourth-order valence-electron chi connectivity index (χ4n) is 7.07. The van der Waals surface area contributed by atoms with Gasteiger partial charge in [-0.3, -0.25) is 10.6 Å². The van der Waals surface area contributed by atoms with Crippen molar-refractivity contribution in [2.75, 3.05) is 16.5 Å². The molecule has 5 unspecified atom stereocenters. The first-order valence-electron chi connectivity index (χ1n) is 12.3. The monoisotopic (exact) mass is 439 g/mol. The molecule has 176 valence electrons. The molecule has 0 aromatic carbocycles. The highest BCUT2D eigenvalue weighted by Gasteiger charge is 2.54. The topological polar surface area (TPSA) is 76.3 Å². The van der Waals surface area contributed by atoms with Crippen molar-refractivity contribution in [3.63, 3.8) is 0 Å². The van der Waals surface area contributed by atoms with Gasteiger partial charge in [-0.15, -0.1) is 0 Å². The van der Waals surface area contributed by atoms with Crippen LogP contribution >= 0.6 is 0 Å². The van der Waals surface area contributed by atoms with Crippen molar-refractivity contribution in [2.24, 2.45) is 22.7 Å². The second-order valence-electron chi connectivity index (χ2n) is 11.4. The van der Waals surface area contributed by atoms with E-state index in [9.17, 15) is 5.21 Å². The highest BCUT2D eigenvalue weighted by molar-refractivity contribution is 5.85. The Labute approximate surface area is 193 Å². The summed E-state index contributed by atoms with van der Waals surface area (Å²) < 4.78 is 0. The third-order valence-electron chi connectivity index (χ3n) is 9.80. The normalized spacial score (nSPS) is 37.5. The molecule has 32 heavy (non-hydrogen) atoms. The van der Waals surface area contributed by atoms with Crippen molar-refractivity contribution < 1.29 is 5.21 Å². The van der Waals surface area contributed by atoms with E-state index in [-0.39, 0.29) is 10.8 Å². The first kappa shape index (κ1) is 23.2. The lowest BCUT2D eigenvalue weighted by Gasteiger charge is -2.59. The molecule has 0 radical (unpaired) electrons. The highest BCUT2D eigenvalue weighted by atomic mass is 16.5. The van der Waals surface area contributed by atoms with Gasteiger partial charge in [-0.05, 0) is 87.9 Å². The van der Waals surface area contributed by atoms with Gasteiger partial charge in [0.2, 0.25) is 0 Å². The molecule has 3 aliphatic rings. The Hall–Kier alpha value is -1.95. The molecule has 1 aromatic rings. The standard InChI is InChI=1S/C26H41N5O/c1-18-8-7-9-21-25(18,5)11-10-19(2)26(21,6)13-12-24(4)14-15-30(16-27)22-20(3)28-17-29-23(22)31(24)32/h16-17,19,21,27,32H,1,7-15H2,2-6H3. The van der Waals surface area contributed by atoms with Gasteiger partial charge in [-0.2, -0.15) is 0 Å². The molecule has 1 aliphatic heterocycles. The van der Waals surface area contributed by atoms with Gasteiger partial charge in [0.15, 0.2) is 5.82 Å². The number of rotatable bonds is 4. The van der Waals surface area contributed by atoms with Crippen molar-refractivity contribution in [3.05, 3.63) is 24.2 Å². The lowest BCUT2D eigenvalue weighted by Crippen LogP contribution is -2.52. The molecule has 0 amide bonds. The van der Waals surface area contributed by atoms with Crippen LogP contribution in [0, 0.1) is 35.0 Å². The zero-order valence-corrected chi connectivity index (χ0v) is 20.6. The van der Waals surface area contributed by atoms with Crippen LogP contribution in [0.1, 0.15) is 84.8 Å². The number of aromatic nitrogens is 2. The number of nitrogens with one attached hydrogen (secondary N) is 1. The van der Waals surface area contributed by atoms with E-state index in [1.165, 1.54) is 55.4 Å². The van der Waals surface area contributed by atoms with Crippen molar-refractivity contribution in [3.8, 4) is 0 Å². The van der Waals surface area contributed by atoms with Crippen LogP contribution in [0.15, 0.2) is 18.5 Å². The van der Waals surface area contributed by atoms with Gasteiger partial charge >= 0.3 is 0 Å². The summed E-state index contributed by atoms with van der Waals surface area (Å²) in [6.07, 6.45) is 11.8. The molecular formula is C26H41N5O. The Morgan fingerprint density at radius 1 is 1.22 bits per heavy atom. The van der Waals surface area contributed by atoms with Crippen molar-refractivity contribution in [2.45, 2.75) is 91.5 Å². The molecule has 2 saturated carbocycles. The Kier molecular flexibility index (Phi) is 5.89. The molecule has 6 heteroatoms. The minimum absolute atomic E-state index is 0.220. The van der Waals surface area contributed by atoms with Gasteiger partial charge in [0.25, 0.3) is 0 Å². The molecule has 2 fully saturated rings. The summed E-state index contributed by atoms with van der Waals surface area (Å²) in [5.74, 6) is 1.82. The zero-order valence-electron chi connectivity index (χ0n) is 20.6. The van der Waals surface area contributed by atoms with Crippen molar-refractivity contribution >= 4 is 17.8 Å². The average molecular weight is 440 g/mol. The number of hydrogen-bond acceptors (Lipinski definition) is 5. The Morgan fingerprint density at radius 2 is 1.97 bits per heavy atom. The Morgan fingerprint density at radius 3 is 2.69 bits per heavy atom. The summed E-state index contributed by atoms with van der Waals surface area (Å²) in [5.41, 5.74) is 3.00. The van der Waals surface area contributed by atoms with Crippen LogP contribution in [0.3, 0.4) is 0 Å². The van der Waals surface area contributed by atoms with E-state index in [2.05, 4.69) is 44.2 Å². The summed E-state index contributed by atoms with van der Waals surface area (Å²) in [4.78, 5) is 10.6. The number of aryl methyl sites for hydroxylation is 1. The Balaban J connectivity index is 1.63. The number of fused-ring (bicyclic) bond motifs is 2. The number of hydroxylamine groups is 1. The van der Waals surface area contributed by atoms with E-state index in [0.717, 1.165) is 30.6 Å². The number of nitrogens with zero attached hydrogens (tertiary/aromatic N) is 4. The minimum atomic E-state index is -0.449. The minimum Gasteiger partial charge on any atom is -0.328 e. The van der Waals surface area contributed by atoms with Crippen LogP contribution in [-0.2, 0) is 0 Å². The molecule has 4 rings (SSSR count). The van der Waals surface area contributed by atoms with E-state index < -0.39 is 5.54 Å². The van der Waals surface area contributed by atoms with Crippen LogP contribution in [0.4, 0.5) is 11.5 Å². The SMILES string of the molecule is C=C1CCCC2C1(C)CCC(C)C2(C)CCC1(C)CCN(C=N)c2c(C)ncnc2N1O. The zero-order chi connectivity index (χ0) is 23.3. The van der Waals surface area contributed by atoms with Gasteiger partial charge in [-0.1, -0.05) is 32.9 Å². The van der Waals surface area contributed by atoms with Crippen LogP contribution in [0.5, 0.6) is 0 Å². The highest BCUT2D eigenvalue weighted by Crippen LogP contribution is 2.63. The van der Waals surface area contributed by atoms with Crippen LogP contribution in [0.25, 0.3) is 0 Å². The lowest BCUT2D eigenvalue weighted by atomic mass is 9.46. The summed E-state index contributed by atoms with van der Waals surface area (Å²) in [6.45, 7) is 16.6. The first-order chi connectivity index (χ1) is 15.1. The maximum atomic E-state index is 11.4. The second-order valence-corrected chi connectivity index (χ2v) is 11.4. The molecule has 1 aromatic heterocycles. The van der Waals surface area contributed by atoms with Gasteiger partial charge in [-0.25, -0.2) is 15.0 Å². The average Bonchev–Trinajstić information content (AvgIpc) is 2.88. The number of hydrogen-bond donors (Lipinski definition) is 2. The summed E-state index contributed by atoms with van der Waals surface area (Å²) in [5, 5.41) is 20.7. The van der Waals surface area contributed by atoms with Crippen LogP contribution in [-0.4, -0.2) is 33.6 Å². The summed E-state index contributed by atoms with van der Waals surface area (Å²) in [7, 11) is 0. The predicted molar refractivity (Wildman–Crippen MR) is 131 cm³/mol. The molecule has 2 heterocycles. The summed E-state index contributed by atoms with van der Waals surface area (Å²) >= 11 is 0. The van der Waals surface area contributed by atoms with Crippen LogP contribution < -0.4 is 9.96 Å². The third kappa shape index (κ3) is 3.46. The Bertz CT molecular complexity index is 902. The maximum absolute atomic E-state index is 11.4. The molecular weight excluding hydrogens is 398 g/mol. The van der Waals surface area contributed by atoms with Crippen molar-refractivity contribution in [1.29, 1.82) is 5.41 Å². The van der Waals surface area contributed by atoms with E-state index in [4.69, 9.17) is 5.41 Å². The van der Waals surface area contributed by atoms with E-state index >= 15 is 0 Å². The molecule has 6 nitrogen and oxygen atoms in total. The second kappa shape index (κ2) is 8.12. The van der Waals surface area contributed by atoms with Gasteiger partial charge < -0.3 is 4.90 Å². The lowest BCUT2D eigenvalue weighted by molar-refractivity contribution is -0.0603. The predicted octanol–water partition coefficient (Wildman–Crippen LogP) is 6.14. The fraction of sp³-hybridized carbons (Fsp3) is 0.731. The smallest absolute Gasteiger partial charge is 0.180 e. The van der Waals surface area contributed by atoms with E-state index in [1.54, 1.807) is 0 Å². The third-order valence-corrected chi connectivity index (χ3v) is 9.80. The van der Waals surface area contributed by atoms with Gasteiger partial charge in [0.1, 0.15) is 12.0 Å². The molecule has 2 N–H and O–H groups in total. The van der Waals surface area contributed by atoms with E-state index in [0.29, 0.717) is 24.2 Å². The molecule has 0 bridgehead atoms. The largest absolute Gasteiger partial charge is 0.328 e.